The minimum Gasteiger partial charge on any atom is -0.462 e. The van der Waals surface area contributed by atoms with Gasteiger partial charge in [0.05, 0.1) is 12.0 Å². The Hall–Kier alpha value is -2.05. The Bertz CT molecular complexity index is 550. The molecule has 0 fully saturated rings. The van der Waals surface area contributed by atoms with Crippen LogP contribution in [0.25, 0.3) is 0 Å². The maximum atomic E-state index is 12.7. The van der Waals surface area contributed by atoms with Crippen molar-refractivity contribution in [2.24, 2.45) is 16.7 Å². The predicted molar refractivity (Wildman–Crippen MR) is 108 cm³/mol. The Morgan fingerprint density at radius 2 is 1.54 bits per heavy atom. The van der Waals surface area contributed by atoms with Crippen LogP contribution < -0.4 is 5.32 Å². The van der Waals surface area contributed by atoms with E-state index in [1.165, 1.54) is 0 Å². The summed E-state index contributed by atoms with van der Waals surface area (Å²) in [7, 11) is 0. The molecular formula is C21H37NO6. The highest BCUT2D eigenvalue weighted by Gasteiger charge is 2.45. The highest BCUT2D eigenvalue weighted by molar-refractivity contribution is 5.86. The molecule has 7 nitrogen and oxygen atoms in total. The van der Waals surface area contributed by atoms with Gasteiger partial charge in [-0.25, -0.2) is 9.59 Å². The van der Waals surface area contributed by atoms with E-state index in [9.17, 15) is 14.4 Å². The molecule has 0 radical (unpaired) electrons. The zero-order chi connectivity index (χ0) is 22.0. The summed E-state index contributed by atoms with van der Waals surface area (Å²) in [4.78, 5) is 35.4. The number of carbonyl (C=O) groups excluding carboxylic acids is 3. The molecule has 0 rings (SSSR count). The molecule has 0 aromatic carbocycles. The predicted octanol–water partition coefficient (Wildman–Crippen LogP) is 3.86. The third kappa shape index (κ3) is 9.24. The minimum absolute atomic E-state index is 0.00968. The van der Waals surface area contributed by atoms with E-state index in [0.717, 1.165) is 12.8 Å². The number of alkyl carbamates (subject to hydrolysis) is 1. The quantitative estimate of drug-likeness (QED) is 0.245. The lowest BCUT2D eigenvalue weighted by Crippen LogP contribution is -2.42. The largest absolute Gasteiger partial charge is 0.462 e. The van der Waals surface area contributed by atoms with Crippen molar-refractivity contribution >= 4 is 18.0 Å². The third-order valence-electron chi connectivity index (χ3n) is 4.83. The molecule has 162 valence electrons. The van der Waals surface area contributed by atoms with Gasteiger partial charge in [-0.05, 0) is 38.0 Å². The van der Waals surface area contributed by atoms with Gasteiger partial charge in [0, 0.05) is 5.57 Å². The van der Waals surface area contributed by atoms with Crippen molar-refractivity contribution in [3.63, 3.8) is 0 Å². The average Bonchev–Trinajstić information content (AvgIpc) is 2.58. The Kier molecular flexibility index (Phi) is 10.9. The van der Waals surface area contributed by atoms with Gasteiger partial charge in [0.25, 0.3) is 0 Å². The molecular weight excluding hydrogens is 362 g/mol. The van der Waals surface area contributed by atoms with Crippen molar-refractivity contribution in [2.75, 3.05) is 26.4 Å². The summed E-state index contributed by atoms with van der Waals surface area (Å²) < 4.78 is 15.2. The molecule has 0 aliphatic carbocycles. The van der Waals surface area contributed by atoms with Gasteiger partial charge in [0.15, 0.2) is 0 Å². The molecule has 0 saturated carbocycles. The summed E-state index contributed by atoms with van der Waals surface area (Å²) in [5, 5.41) is 2.44. The normalized spacial score (nSPS) is 13.4. The van der Waals surface area contributed by atoms with Crippen LogP contribution >= 0.6 is 0 Å². The van der Waals surface area contributed by atoms with Crippen LogP contribution in [-0.4, -0.2) is 44.4 Å². The van der Waals surface area contributed by atoms with Crippen molar-refractivity contribution in [1.29, 1.82) is 0 Å². The summed E-state index contributed by atoms with van der Waals surface area (Å²) in [5.74, 6) is -0.297. The van der Waals surface area contributed by atoms with Crippen LogP contribution in [0.15, 0.2) is 12.2 Å². The maximum absolute atomic E-state index is 12.7. The molecule has 0 spiro atoms. The fourth-order valence-electron chi connectivity index (χ4n) is 2.26. The second-order valence-electron chi connectivity index (χ2n) is 8.63. The molecule has 1 N–H and O–H groups in total. The molecule has 1 atom stereocenters. The lowest BCUT2D eigenvalue weighted by atomic mass is 9.65. The fourth-order valence-corrected chi connectivity index (χ4v) is 2.26. The molecule has 7 heteroatoms. The van der Waals surface area contributed by atoms with E-state index in [1.807, 2.05) is 27.7 Å². The number of carbonyl (C=O) groups is 3. The number of esters is 2. The van der Waals surface area contributed by atoms with E-state index >= 15 is 0 Å². The Labute approximate surface area is 169 Å². The topological polar surface area (TPSA) is 90.9 Å². The molecule has 0 aromatic heterocycles. The van der Waals surface area contributed by atoms with Gasteiger partial charge in [0.2, 0.25) is 0 Å². The van der Waals surface area contributed by atoms with Crippen molar-refractivity contribution < 1.29 is 28.6 Å². The Balaban J connectivity index is 4.25. The van der Waals surface area contributed by atoms with Gasteiger partial charge in [-0.2, -0.15) is 0 Å². The second-order valence-corrected chi connectivity index (χ2v) is 8.63. The molecule has 1 unspecified atom stereocenters. The molecule has 0 aliphatic rings. The number of hydrogen-bond donors (Lipinski definition) is 1. The van der Waals surface area contributed by atoms with Gasteiger partial charge >= 0.3 is 18.0 Å². The molecule has 0 bridgehead atoms. The first-order valence-corrected chi connectivity index (χ1v) is 9.71. The van der Waals surface area contributed by atoms with Gasteiger partial charge in [-0.1, -0.05) is 41.2 Å². The van der Waals surface area contributed by atoms with Crippen molar-refractivity contribution in [1.82, 2.24) is 5.32 Å². The fraction of sp³-hybridized carbons (Fsp3) is 0.762. The van der Waals surface area contributed by atoms with E-state index in [4.69, 9.17) is 14.2 Å². The van der Waals surface area contributed by atoms with Crippen LogP contribution in [-0.2, 0) is 23.8 Å². The van der Waals surface area contributed by atoms with E-state index in [2.05, 4.69) is 25.7 Å². The summed E-state index contributed by atoms with van der Waals surface area (Å²) >= 11 is 0. The summed E-state index contributed by atoms with van der Waals surface area (Å²) in [6, 6.07) is 0. The molecule has 0 aromatic rings. The molecule has 28 heavy (non-hydrogen) atoms. The number of rotatable bonds is 11. The van der Waals surface area contributed by atoms with Gasteiger partial charge in [-0.15, -0.1) is 0 Å². The number of amides is 1. The molecule has 0 saturated heterocycles. The first-order chi connectivity index (χ1) is 12.8. The lowest BCUT2D eigenvalue weighted by molar-refractivity contribution is -0.163. The van der Waals surface area contributed by atoms with Crippen LogP contribution in [0.3, 0.4) is 0 Å². The van der Waals surface area contributed by atoms with Crippen LogP contribution in [0.2, 0.25) is 0 Å². The first kappa shape index (κ1) is 26.0. The first-order valence-electron chi connectivity index (χ1n) is 9.71. The van der Waals surface area contributed by atoms with Gasteiger partial charge in [-0.3, -0.25) is 4.79 Å². The summed E-state index contributed by atoms with van der Waals surface area (Å²) in [5.41, 5.74) is -0.578. The monoisotopic (exact) mass is 399 g/mol. The standard InChI is InChI=1S/C21H37NO6/c1-15(2)9-10-21(8,20(5,6)7)18(24)27-13-14-28-19(25)22-11-12-26-17(23)16(3)4/h15H,3,9-14H2,1-2,4-8H3,(H,22,25). The SMILES string of the molecule is C=C(C)C(=O)OCCNC(=O)OCCOC(=O)C(C)(CCC(C)C)C(C)(C)C. The van der Waals surface area contributed by atoms with Crippen LogP contribution in [0.1, 0.15) is 61.3 Å². The average molecular weight is 400 g/mol. The van der Waals surface area contributed by atoms with Crippen LogP contribution in [0, 0.1) is 16.7 Å². The van der Waals surface area contributed by atoms with Crippen LogP contribution in [0.4, 0.5) is 4.79 Å². The minimum atomic E-state index is -0.666. The third-order valence-corrected chi connectivity index (χ3v) is 4.83. The van der Waals surface area contributed by atoms with E-state index in [-0.39, 0.29) is 37.7 Å². The highest BCUT2D eigenvalue weighted by Crippen LogP contribution is 2.44. The molecule has 0 aliphatic heterocycles. The molecule has 0 heterocycles. The number of hydrogen-bond acceptors (Lipinski definition) is 6. The van der Waals surface area contributed by atoms with Crippen LogP contribution in [0.5, 0.6) is 0 Å². The Morgan fingerprint density at radius 1 is 0.964 bits per heavy atom. The van der Waals surface area contributed by atoms with Gasteiger partial charge in [0.1, 0.15) is 19.8 Å². The maximum Gasteiger partial charge on any atom is 0.407 e. The summed E-state index contributed by atoms with van der Waals surface area (Å²) in [6.45, 7) is 17.3. The van der Waals surface area contributed by atoms with Crippen molar-refractivity contribution in [3.05, 3.63) is 12.2 Å². The lowest BCUT2D eigenvalue weighted by Gasteiger charge is -2.40. The molecule has 1 amide bonds. The second kappa shape index (κ2) is 11.7. The number of nitrogens with one attached hydrogen (secondary N) is 1. The summed E-state index contributed by atoms with van der Waals surface area (Å²) in [6.07, 6.45) is 0.996. The zero-order valence-corrected chi connectivity index (χ0v) is 18.5. The smallest absolute Gasteiger partial charge is 0.407 e. The van der Waals surface area contributed by atoms with E-state index in [0.29, 0.717) is 11.5 Å². The van der Waals surface area contributed by atoms with Crippen molar-refractivity contribution in [3.8, 4) is 0 Å². The zero-order valence-electron chi connectivity index (χ0n) is 18.5. The van der Waals surface area contributed by atoms with Crippen molar-refractivity contribution in [2.45, 2.75) is 61.3 Å². The highest BCUT2D eigenvalue weighted by atomic mass is 16.6. The Morgan fingerprint density at radius 3 is 2.04 bits per heavy atom. The van der Waals surface area contributed by atoms with E-state index in [1.54, 1.807) is 6.92 Å². The van der Waals surface area contributed by atoms with Gasteiger partial charge < -0.3 is 19.5 Å². The number of ether oxygens (including phenoxy) is 3. The van der Waals surface area contributed by atoms with E-state index < -0.39 is 17.5 Å².